The Hall–Kier alpha value is -1.30. The fourth-order valence-corrected chi connectivity index (χ4v) is 0.983. The molecule has 0 spiro atoms. The zero-order valence-corrected chi connectivity index (χ0v) is 7.10. The van der Waals surface area contributed by atoms with Crippen LogP contribution in [0.3, 0.4) is 0 Å². The Bertz CT molecular complexity index is 287. The quantitative estimate of drug-likeness (QED) is 0.682. The molecule has 72 valence electrons. The van der Waals surface area contributed by atoms with Crippen LogP contribution in [0.4, 0.5) is 5.69 Å². The normalized spacial score (nSPS) is 9.85. The summed E-state index contributed by atoms with van der Waals surface area (Å²) in [5.41, 5.74) is 0.514. The predicted octanol–water partition coefficient (Wildman–Crippen LogP) is 0.881. The highest BCUT2D eigenvalue weighted by Gasteiger charge is 2.03. The molecule has 2 N–H and O–H groups in total. The molecule has 0 aromatic heterocycles. The summed E-state index contributed by atoms with van der Waals surface area (Å²) in [6.07, 6.45) is 0. The molecule has 1 aromatic rings. The lowest BCUT2D eigenvalue weighted by Gasteiger charge is -2.24. The number of anilines is 1. The molecule has 0 aliphatic carbocycles. The lowest BCUT2D eigenvalue weighted by Crippen LogP contribution is -2.09. The van der Waals surface area contributed by atoms with E-state index in [0.29, 0.717) is 5.56 Å². The maximum atomic E-state index is 10.6. The van der Waals surface area contributed by atoms with Crippen molar-refractivity contribution in [2.75, 3.05) is 12.3 Å². The van der Waals surface area contributed by atoms with Crippen LogP contribution in [0.5, 0.6) is 5.75 Å². The first-order valence-electron chi connectivity index (χ1n) is 3.63. The molecule has 0 aliphatic heterocycles. The number of aliphatic hydroxyl groups excluding tert-OH is 1. The van der Waals surface area contributed by atoms with Gasteiger partial charge in [0.15, 0.2) is 0 Å². The van der Waals surface area contributed by atoms with Crippen LogP contribution in [0.1, 0.15) is 5.56 Å². The third-order valence-corrected chi connectivity index (χ3v) is 1.63. The maximum Gasteiger partial charge on any atom is 0.143 e. The van der Waals surface area contributed by atoms with Crippen molar-refractivity contribution in [2.24, 2.45) is 0 Å². The van der Waals surface area contributed by atoms with Crippen molar-refractivity contribution < 1.29 is 15.1 Å². The molecule has 0 atom stereocenters. The summed E-state index contributed by atoms with van der Waals surface area (Å²) in [4.78, 5) is 0. The highest BCUT2D eigenvalue weighted by molar-refractivity contribution is 5.58. The fourth-order valence-electron chi connectivity index (χ4n) is 0.983. The van der Waals surface area contributed by atoms with Crippen LogP contribution in [0, 0.1) is 5.21 Å². The molecule has 5 heteroatoms. The highest BCUT2D eigenvalue weighted by Crippen LogP contribution is 2.27. The van der Waals surface area contributed by atoms with Crippen LogP contribution >= 0.6 is 0 Å². The van der Waals surface area contributed by atoms with Gasteiger partial charge in [0.2, 0.25) is 0 Å². The first kappa shape index (κ1) is 9.79. The van der Waals surface area contributed by atoms with Gasteiger partial charge in [0, 0.05) is 0 Å². The number of aliphatic hydroxyl groups is 1. The topological polar surface area (TPSA) is 76.0 Å². The summed E-state index contributed by atoms with van der Waals surface area (Å²) in [6, 6.07) is 4.46. The molecule has 0 bridgehead atoms. The van der Waals surface area contributed by atoms with Crippen LogP contribution in [0.25, 0.3) is 0 Å². The van der Waals surface area contributed by atoms with Gasteiger partial charge in [0.25, 0.3) is 0 Å². The minimum atomic E-state index is -0.294. The highest BCUT2D eigenvalue weighted by atomic mass is 16.8. The summed E-state index contributed by atoms with van der Waals surface area (Å²) in [5.74, 6) is 0.259. The predicted molar refractivity (Wildman–Crippen MR) is 46.5 cm³/mol. The van der Waals surface area contributed by atoms with Crippen molar-refractivity contribution in [3.05, 3.63) is 29.0 Å². The van der Waals surface area contributed by atoms with Gasteiger partial charge in [-0.2, -0.15) is 0 Å². The summed E-state index contributed by atoms with van der Waals surface area (Å²) < 4.78 is 4.82. The van der Waals surface area contributed by atoms with E-state index in [4.69, 9.17) is 15.1 Å². The van der Waals surface area contributed by atoms with Crippen molar-refractivity contribution in [2.45, 2.75) is 6.61 Å². The minimum Gasteiger partial charge on any atom is -0.733 e. The summed E-state index contributed by atoms with van der Waals surface area (Å²) in [6.45, 7) is -0.190. The monoisotopic (exact) mass is 184 g/mol. The first-order chi connectivity index (χ1) is 6.19. The van der Waals surface area contributed by atoms with Crippen LogP contribution < -0.4 is 9.96 Å². The molecule has 0 amide bonds. The molecule has 0 radical (unpaired) electrons. The Morgan fingerprint density at radius 3 is 2.69 bits per heavy atom. The number of ether oxygens (including phenoxy) is 1. The number of methoxy groups -OCH3 is 1. The van der Waals surface area contributed by atoms with E-state index < -0.39 is 0 Å². The van der Waals surface area contributed by atoms with E-state index in [1.165, 1.54) is 19.2 Å². The third kappa shape index (κ3) is 2.09. The summed E-state index contributed by atoms with van der Waals surface area (Å²) >= 11 is 0. The second-order valence-electron chi connectivity index (χ2n) is 2.44. The van der Waals surface area contributed by atoms with Gasteiger partial charge in [0.05, 0.1) is 19.4 Å². The van der Waals surface area contributed by atoms with Crippen LogP contribution in [-0.2, 0) is 6.61 Å². The van der Waals surface area contributed by atoms with Crippen molar-refractivity contribution in [1.29, 1.82) is 0 Å². The Labute approximate surface area is 75.3 Å². The van der Waals surface area contributed by atoms with Gasteiger partial charge in [-0.1, -0.05) is 6.07 Å². The molecule has 1 aromatic carbocycles. The number of hydrogen-bond donors (Lipinski definition) is 2. The molecule has 0 saturated heterocycles. The zero-order valence-electron chi connectivity index (χ0n) is 7.10. The summed E-state index contributed by atoms with van der Waals surface area (Å²) in [5, 5.41) is 27.7. The Morgan fingerprint density at radius 2 is 2.23 bits per heavy atom. The fraction of sp³-hybridized carbons (Fsp3) is 0.250. The molecule has 5 nitrogen and oxygen atoms in total. The average molecular weight is 184 g/mol. The van der Waals surface area contributed by atoms with E-state index in [0.717, 1.165) is 0 Å². The third-order valence-electron chi connectivity index (χ3n) is 1.63. The van der Waals surface area contributed by atoms with Crippen molar-refractivity contribution in [3.63, 3.8) is 0 Å². The molecular weight excluding hydrogens is 174 g/mol. The number of rotatable bonds is 3. The number of nitrogens with zero attached hydrogens (tertiary/aromatic N) is 1. The second kappa shape index (κ2) is 4.08. The lowest BCUT2D eigenvalue weighted by molar-refractivity contribution is 0.279. The van der Waals surface area contributed by atoms with Crippen LogP contribution in [-0.4, -0.2) is 17.4 Å². The molecule has 0 heterocycles. The van der Waals surface area contributed by atoms with Crippen LogP contribution in [0.15, 0.2) is 18.2 Å². The van der Waals surface area contributed by atoms with Crippen molar-refractivity contribution in [1.82, 2.24) is 0 Å². The van der Waals surface area contributed by atoms with E-state index in [2.05, 4.69) is 0 Å². The molecule has 13 heavy (non-hydrogen) atoms. The van der Waals surface area contributed by atoms with Crippen molar-refractivity contribution in [3.8, 4) is 5.75 Å². The molecule has 0 aliphatic rings. The van der Waals surface area contributed by atoms with Gasteiger partial charge in [0.1, 0.15) is 5.75 Å². The molecule has 1 rings (SSSR count). The van der Waals surface area contributed by atoms with E-state index in [-0.39, 0.29) is 23.3 Å². The van der Waals surface area contributed by atoms with E-state index in [1.54, 1.807) is 6.07 Å². The van der Waals surface area contributed by atoms with E-state index in [1.807, 2.05) is 0 Å². The molecular formula is C8H10NO4-. The Balaban J connectivity index is 3.10. The zero-order chi connectivity index (χ0) is 9.84. The maximum absolute atomic E-state index is 10.6. The SMILES string of the molecule is COc1ccc(CO)cc1N([O-])O. The van der Waals surface area contributed by atoms with Gasteiger partial charge < -0.3 is 20.3 Å². The lowest BCUT2D eigenvalue weighted by atomic mass is 10.2. The smallest absolute Gasteiger partial charge is 0.143 e. The van der Waals surface area contributed by atoms with Gasteiger partial charge in [-0.25, -0.2) is 0 Å². The average Bonchev–Trinajstić information content (AvgIpc) is 2.16. The number of hydrogen-bond acceptors (Lipinski definition) is 5. The molecule has 0 saturated carbocycles. The standard InChI is InChI=1S/C8H10NO4/c1-13-8-3-2-6(5-10)4-7(8)9(11)12/h2-4,10-11H,5H2,1H3/q-1. The second-order valence-corrected chi connectivity index (χ2v) is 2.44. The van der Waals surface area contributed by atoms with E-state index >= 15 is 0 Å². The van der Waals surface area contributed by atoms with Crippen molar-refractivity contribution >= 4 is 5.69 Å². The summed E-state index contributed by atoms with van der Waals surface area (Å²) in [7, 11) is 1.39. The Kier molecular flexibility index (Phi) is 3.07. The van der Waals surface area contributed by atoms with Gasteiger partial charge >= 0.3 is 0 Å². The Morgan fingerprint density at radius 1 is 1.54 bits per heavy atom. The van der Waals surface area contributed by atoms with Gasteiger partial charge in [-0.3, -0.25) is 5.21 Å². The van der Waals surface area contributed by atoms with E-state index in [9.17, 15) is 5.21 Å². The van der Waals surface area contributed by atoms with Gasteiger partial charge in [-0.05, 0) is 17.7 Å². The molecule has 0 unspecified atom stereocenters. The van der Waals surface area contributed by atoms with Gasteiger partial charge in [-0.15, -0.1) is 0 Å². The number of benzene rings is 1. The minimum absolute atomic E-state index is 0.0194. The first-order valence-corrected chi connectivity index (χ1v) is 3.63. The van der Waals surface area contributed by atoms with Crippen LogP contribution in [0.2, 0.25) is 0 Å². The largest absolute Gasteiger partial charge is 0.733 e. The molecule has 0 fully saturated rings.